The molecule has 0 aliphatic heterocycles. The predicted molar refractivity (Wildman–Crippen MR) is 69.3 cm³/mol. The summed E-state index contributed by atoms with van der Waals surface area (Å²) in [6.45, 7) is 1.59. The van der Waals surface area contributed by atoms with Gasteiger partial charge >= 0.3 is 0 Å². The summed E-state index contributed by atoms with van der Waals surface area (Å²) in [6, 6.07) is 6.33. The van der Waals surface area contributed by atoms with E-state index < -0.39 is 14.0 Å². The first-order valence-electron chi connectivity index (χ1n) is 4.70. The van der Waals surface area contributed by atoms with Crippen molar-refractivity contribution in [1.29, 1.82) is 0 Å². The lowest BCUT2D eigenvalue weighted by Crippen LogP contribution is -2.19. The molecule has 0 heterocycles. The number of hydrogen-bond acceptors (Lipinski definition) is 3. The summed E-state index contributed by atoms with van der Waals surface area (Å²) in [5, 5.41) is 0. The van der Waals surface area contributed by atoms with E-state index in [2.05, 4.69) is 15.9 Å². The third-order valence-electron chi connectivity index (χ3n) is 2.00. The maximum absolute atomic E-state index is 13.2. The fraction of sp³-hybridized carbons (Fsp3) is 0.400. The van der Waals surface area contributed by atoms with Gasteiger partial charge in [0.25, 0.3) is 0 Å². The van der Waals surface area contributed by atoms with Gasteiger partial charge in [-0.3, -0.25) is 0 Å². The van der Waals surface area contributed by atoms with Crippen molar-refractivity contribution in [2.45, 2.75) is 16.0 Å². The first kappa shape index (κ1) is 14.0. The van der Waals surface area contributed by atoms with E-state index in [9.17, 15) is 12.8 Å². The first-order chi connectivity index (χ1) is 7.47. The molecule has 0 aliphatic rings. The van der Waals surface area contributed by atoms with Gasteiger partial charge in [0.1, 0.15) is 9.98 Å². The van der Waals surface area contributed by atoms with Crippen molar-refractivity contribution < 1.29 is 12.8 Å². The summed E-state index contributed by atoms with van der Waals surface area (Å²) >= 11 is 4.31. The van der Waals surface area contributed by atoms with Crippen molar-refractivity contribution in [1.82, 2.24) is 0 Å². The van der Waals surface area contributed by atoms with Crippen molar-refractivity contribution in [3.63, 3.8) is 0 Å². The van der Waals surface area contributed by atoms with Crippen LogP contribution in [-0.2, 0) is 9.84 Å². The van der Waals surface area contributed by atoms with Crippen LogP contribution in [0.2, 0.25) is 0 Å². The summed E-state index contributed by atoms with van der Waals surface area (Å²) in [4.78, 5) is 0.471. The third kappa shape index (κ3) is 3.75. The molecule has 0 N–H and O–H groups in total. The Morgan fingerprint density at radius 1 is 1.44 bits per heavy atom. The number of thioether (sulfide) groups is 1. The van der Waals surface area contributed by atoms with Gasteiger partial charge in [0.15, 0.2) is 9.84 Å². The largest absolute Gasteiger partial charge is 0.228 e. The van der Waals surface area contributed by atoms with Crippen molar-refractivity contribution in [2.24, 2.45) is 0 Å². The van der Waals surface area contributed by atoms with E-state index in [1.165, 1.54) is 17.8 Å². The van der Waals surface area contributed by atoms with Gasteiger partial charge in [0.2, 0.25) is 0 Å². The Kier molecular flexibility index (Phi) is 5.27. The maximum atomic E-state index is 13.2. The molecule has 6 heteroatoms. The lowest BCUT2D eigenvalue weighted by Gasteiger charge is -2.09. The highest BCUT2D eigenvalue weighted by molar-refractivity contribution is 9.11. The fourth-order valence-corrected chi connectivity index (χ4v) is 4.28. The molecule has 0 bridgehead atoms. The highest BCUT2D eigenvalue weighted by Crippen LogP contribution is 2.25. The van der Waals surface area contributed by atoms with Gasteiger partial charge in [-0.2, -0.15) is 0 Å². The topological polar surface area (TPSA) is 34.1 Å². The van der Waals surface area contributed by atoms with Crippen LogP contribution >= 0.6 is 27.7 Å². The van der Waals surface area contributed by atoms with Crippen molar-refractivity contribution >= 4 is 37.5 Å². The Labute approximate surface area is 108 Å². The fourth-order valence-electron chi connectivity index (χ4n) is 1.00. The van der Waals surface area contributed by atoms with Crippen LogP contribution in [0.3, 0.4) is 0 Å². The predicted octanol–water partition coefficient (Wildman–Crippen LogP) is 3.07. The van der Waals surface area contributed by atoms with E-state index in [1.807, 2.05) is 0 Å². The molecule has 0 aromatic heterocycles. The smallest absolute Gasteiger partial charge is 0.163 e. The number of alkyl halides is 1. The highest BCUT2D eigenvalue weighted by Gasteiger charge is 2.20. The van der Waals surface area contributed by atoms with E-state index in [-0.39, 0.29) is 11.6 Å². The lowest BCUT2D eigenvalue weighted by molar-refractivity contribution is 0.596. The molecular weight excluding hydrogens is 315 g/mol. The maximum Gasteiger partial charge on any atom is 0.163 e. The molecule has 0 radical (unpaired) electrons. The Morgan fingerprint density at radius 2 is 2.06 bits per heavy atom. The minimum atomic E-state index is -3.11. The van der Waals surface area contributed by atoms with Gasteiger partial charge in [-0.25, -0.2) is 12.8 Å². The van der Waals surface area contributed by atoms with Crippen LogP contribution < -0.4 is 0 Å². The quantitative estimate of drug-likeness (QED) is 0.616. The van der Waals surface area contributed by atoms with Crippen LogP contribution in [0.15, 0.2) is 29.2 Å². The molecule has 0 saturated carbocycles. The van der Waals surface area contributed by atoms with Gasteiger partial charge < -0.3 is 0 Å². The molecule has 1 rings (SSSR count). The monoisotopic (exact) mass is 326 g/mol. The van der Waals surface area contributed by atoms with E-state index in [1.54, 1.807) is 25.1 Å². The molecule has 1 unspecified atom stereocenters. The van der Waals surface area contributed by atoms with Gasteiger partial charge in [-0.1, -0.05) is 35.0 Å². The van der Waals surface area contributed by atoms with Crippen molar-refractivity contribution in [2.75, 3.05) is 11.5 Å². The molecule has 16 heavy (non-hydrogen) atoms. The number of halogens is 2. The summed E-state index contributed by atoms with van der Waals surface area (Å²) < 4.78 is 35.5. The molecule has 1 aromatic rings. The van der Waals surface area contributed by atoms with Crippen LogP contribution in [0.25, 0.3) is 0 Å². The molecule has 0 aliphatic carbocycles. The van der Waals surface area contributed by atoms with Gasteiger partial charge in [0.05, 0.1) is 0 Å². The van der Waals surface area contributed by atoms with E-state index in [0.29, 0.717) is 10.6 Å². The molecule has 0 saturated heterocycles. The summed E-state index contributed by atoms with van der Waals surface area (Å²) in [7, 11) is -3.11. The van der Waals surface area contributed by atoms with Crippen LogP contribution in [0.4, 0.5) is 4.39 Å². The zero-order valence-corrected chi connectivity index (χ0v) is 11.9. The standard InChI is InChI=1S/C10H12BrFO2S2/c1-2-16(13,14)10(11)7-15-9-6-4-3-5-8(9)12/h3-6,10H,2,7H2,1H3. The van der Waals surface area contributed by atoms with E-state index >= 15 is 0 Å². The third-order valence-corrected chi connectivity index (χ3v) is 7.56. The zero-order chi connectivity index (χ0) is 12.2. The number of hydrogen-bond donors (Lipinski definition) is 0. The average molecular weight is 327 g/mol. The second-order valence-electron chi connectivity index (χ2n) is 3.10. The summed E-state index contributed by atoms with van der Waals surface area (Å²) in [5.74, 6) is 0.0683. The minimum Gasteiger partial charge on any atom is -0.228 e. The van der Waals surface area contributed by atoms with Crippen LogP contribution in [0.5, 0.6) is 0 Å². The van der Waals surface area contributed by atoms with Crippen molar-refractivity contribution in [3.05, 3.63) is 30.1 Å². The zero-order valence-electron chi connectivity index (χ0n) is 8.69. The molecule has 0 fully saturated rings. The Hall–Kier alpha value is -0.0700. The average Bonchev–Trinajstić information content (AvgIpc) is 2.27. The van der Waals surface area contributed by atoms with Gasteiger partial charge in [-0.05, 0) is 12.1 Å². The van der Waals surface area contributed by atoms with Gasteiger partial charge in [0, 0.05) is 16.4 Å². The molecule has 2 nitrogen and oxygen atoms in total. The molecule has 1 atom stereocenters. The summed E-state index contributed by atoms with van der Waals surface area (Å²) in [5.41, 5.74) is 0. The Bertz CT molecular complexity index is 448. The highest BCUT2D eigenvalue weighted by atomic mass is 79.9. The minimum absolute atomic E-state index is 0.0841. The second-order valence-corrected chi connectivity index (χ2v) is 8.35. The van der Waals surface area contributed by atoms with E-state index in [0.717, 1.165) is 0 Å². The first-order valence-corrected chi connectivity index (χ1v) is 8.32. The Morgan fingerprint density at radius 3 is 2.62 bits per heavy atom. The molecule has 0 spiro atoms. The Balaban J connectivity index is 2.63. The van der Waals surface area contributed by atoms with Crippen LogP contribution in [-0.4, -0.2) is 24.1 Å². The summed E-state index contributed by atoms with van der Waals surface area (Å²) in [6.07, 6.45) is 0. The normalized spacial score (nSPS) is 13.7. The van der Waals surface area contributed by atoms with E-state index in [4.69, 9.17) is 0 Å². The molecule has 0 amide bonds. The lowest BCUT2D eigenvalue weighted by atomic mass is 10.3. The number of rotatable bonds is 5. The molecular formula is C10H12BrFO2S2. The SMILES string of the molecule is CCS(=O)(=O)C(Br)CSc1ccccc1F. The van der Waals surface area contributed by atoms with Crippen molar-refractivity contribution in [3.8, 4) is 0 Å². The second kappa shape index (κ2) is 6.02. The van der Waals surface area contributed by atoms with Crippen LogP contribution in [0.1, 0.15) is 6.92 Å². The number of benzene rings is 1. The number of sulfone groups is 1. The molecule has 1 aromatic carbocycles. The van der Waals surface area contributed by atoms with Gasteiger partial charge in [-0.15, -0.1) is 11.8 Å². The van der Waals surface area contributed by atoms with Crippen LogP contribution in [0, 0.1) is 5.82 Å². The molecule has 90 valence electrons.